The number of fused-ring (bicyclic) bond motifs is 1. The third-order valence-corrected chi connectivity index (χ3v) is 5.98. The van der Waals surface area contributed by atoms with E-state index in [0.29, 0.717) is 19.0 Å². The molecule has 7 heteroatoms. The topological polar surface area (TPSA) is 52.3 Å². The number of aromatic nitrogens is 3. The van der Waals surface area contributed by atoms with Gasteiger partial charge in [-0.2, -0.15) is 5.10 Å². The number of hydrogen-bond acceptors (Lipinski definition) is 5. The fourth-order valence-corrected chi connectivity index (χ4v) is 4.62. The van der Waals surface area contributed by atoms with E-state index >= 15 is 0 Å². The Hall–Kier alpha value is -2.70. The Labute approximate surface area is 164 Å². The van der Waals surface area contributed by atoms with Crippen molar-refractivity contribution in [3.8, 4) is 0 Å². The van der Waals surface area contributed by atoms with Gasteiger partial charge in [-0.15, -0.1) is 11.3 Å². The molecule has 1 aliphatic heterocycles. The predicted molar refractivity (Wildman–Crippen MR) is 107 cm³/mol. The predicted octanol–water partition coefficient (Wildman–Crippen LogP) is 4.52. The van der Waals surface area contributed by atoms with Crippen LogP contribution in [0.5, 0.6) is 0 Å². The molecular weight excluding hydrogens is 380 g/mol. The highest BCUT2D eigenvalue weighted by atomic mass is 35.5. The molecule has 2 aromatic carbocycles. The SMILES string of the molecule is Clc1ccc2cc(C3=NC(Cn4cncn4)(c4ccccc4)CO3)sc2c1. The first kappa shape index (κ1) is 16.5. The van der Waals surface area contributed by atoms with Gasteiger partial charge in [-0.1, -0.05) is 48.0 Å². The Bertz CT molecular complexity index is 1120. The molecule has 1 aliphatic rings. The molecule has 0 radical (unpaired) electrons. The van der Waals surface area contributed by atoms with Gasteiger partial charge < -0.3 is 4.74 Å². The van der Waals surface area contributed by atoms with Crippen LogP contribution in [0.1, 0.15) is 10.4 Å². The number of hydrogen-bond donors (Lipinski definition) is 0. The van der Waals surface area contributed by atoms with Gasteiger partial charge in [0, 0.05) is 9.72 Å². The number of ether oxygens (including phenoxy) is 1. The highest BCUT2D eigenvalue weighted by Gasteiger charge is 2.40. The minimum atomic E-state index is -0.530. The molecule has 0 bridgehead atoms. The highest BCUT2D eigenvalue weighted by Crippen LogP contribution is 2.36. The average molecular weight is 395 g/mol. The molecule has 0 saturated heterocycles. The van der Waals surface area contributed by atoms with Gasteiger partial charge in [0.05, 0.1) is 11.4 Å². The minimum Gasteiger partial charge on any atom is -0.474 e. The van der Waals surface area contributed by atoms with Gasteiger partial charge in [0.2, 0.25) is 5.90 Å². The average Bonchev–Trinajstić information content (AvgIpc) is 3.42. The van der Waals surface area contributed by atoms with Gasteiger partial charge in [0.25, 0.3) is 0 Å². The van der Waals surface area contributed by atoms with E-state index in [1.165, 1.54) is 6.33 Å². The monoisotopic (exact) mass is 394 g/mol. The number of rotatable bonds is 4. The first-order chi connectivity index (χ1) is 13.2. The molecule has 0 fully saturated rings. The number of aliphatic imine (C=N–C) groups is 1. The van der Waals surface area contributed by atoms with Crippen molar-refractivity contribution in [2.75, 3.05) is 6.61 Å². The van der Waals surface area contributed by atoms with Crippen molar-refractivity contribution in [3.05, 3.63) is 82.7 Å². The normalized spacial score (nSPS) is 19.2. The molecule has 134 valence electrons. The Morgan fingerprint density at radius 2 is 2.04 bits per heavy atom. The maximum absolute atomic E-state index is 6.12. The summed E-state index contributed by atoms with van der Waals surface area (Å²) >= 11 is 7.76. The van der Waals surface area contributed by atoms with E-state index in [1.807, 2.05) is 36.4 Å². The zero-order valence-electron chi connectivity index (χ0n) is 14.2. The van der Waals surface area contributed by atoms with Gasteiger partial charge >= 0.3 is 0 Å². The molecule has 2 aromatic heterocycles. The van der Waals surface area contributed by atoms with E-state index in [4.69, 9.17) is 21.3 Å². The highest BCUT2D eigenvalue weighted by molar-refractivity contribution is 7.20. The Kier molecular flexibility index (Phi) is 3.95. The summed E-state index contributed by atoms with van der Waals surface area (Å²) in [5.74, 6) is 0.663. The lowest BCUT2D eigenvalue weighted by Crippen LogP contribution is -2.31. The van der Waals surface area contributed by atoms with Crippen molar-refractivity contribution in [1.29, 1.82) is 0 Å². The third-order valence-electron chi connectivity index (χ3n) is 4.66. The molecule has 0 aliphatic carbocycles. The van der Waals surface area contributed by atoms with Crippen LogP contribution in [-0.4, -0.2) is 27.3 Å². The van der Waals surface area contributed by atoms with E-state index in [0.717, 1.165) is 25.5 Å². The van der Waals surface area contributed by atoms with Gasteiger partial charge in [-0.25, -0.2) is 9.98 Å². The fourth-order valence-electron chi connectivity index (χ4n) is 3.33. The number of benzene rings is 2. The van der Waals surface area contributed by atoms with Gasteiger partial charge in [-0.3, -0.25) is 4.68 Å². The van der Waals surface area contributed by atoms with Gasteiger partial charge in [-0.05, 0) is 29.1 Å². The maximum Gasteiger partial charge on any atom is 0.227 e. The van der Waals surface area contributed by atoms with Gasteiger partial charge in [0.1, 0.15) is 24.8 Å². The van der Waals surface area contributed by atoms with Crippen LogP contribution in [0.25, 0.3) is 10.1 Å². The van der Waals surface area contributed by atoms with Crippen LogP contribution in [0.15, 0.2) is 72.2 Å². The summed E-state index contributed by atoms with van der Waals surface area (Å²) in [5, 5.41) is 6.13. The molecule has 0 spiro atoms. The van der Waals surface area contributed by atoms with Crippen molar-refractivity contribution in [2.24, 2.45) is 4.99 Å². The Morgan fingerprint density at radius 1 is 1.15 bits per heavy atom. The lowest BCUT2D eigenvalue weighted by Gasteiger charge is -2.24. The van der Waals surface area contributed by atoms with Crippen LogP contribution < -0.4 is 0 Å². The molecule has 0 N–H and O–H groups in total. The lowest BCUT2D eigenvalue weighted by molar-refractivity contribution is 0.230. The van der Waals surface area contributed by atoms with Crippen LogP contribution in [0.2, 0.25) is 5.02 Å². The Balaban J connectivity index is 1.59. The summed E-state index contributed by atoms with van der Waals surface area (Å²) in [6, 6.07) is 18.2. The second-order valence-corrected chi connectivity index (χ2v) is 8.01. The largest absolute Gasteiger partial charge is 0.474 e. The van der Waals surface area contributed by atoms with E-state index in [2.05, 4.69) is 28.3 Å². The van der Waals surface area contributed by atoms with Crippen LogP contribution in [0.3, 0.4) is 0 Å². The van der Waals surface area contributed by atoms with E-state index in [9.17, 15) is 0 Å². The van der Waals surface area contributed by atoms with Crippen molar-refractivity contribution in [3.63, 3.8) is 0 Å². The maximum atomic E-state index is 6.12. The summed E-state index contributed by atoms with van der Waals surface area (Å²) < 4.78 is 9.01. The van der Waals surface area contributed by atoms with Crippen LogP contribution in [0.4, 0.5) is 0 Å². The summed E-state index contributed by atoms with van der Waals surface area (Å²) in [5.41, 5.74) is 0.567. The molecule has 0 amide bonds. The first-order valence-corrected chi connectivity index (χ1v) is 9.71. The van der Waals surface area contributed by atoms with E-state index in [-0.39, 0.29) is 0 Å². The molecule has 27 heavy (non-hydrogen) atoms. The van der Waals surface area contributed by atoms with Gasteiger partial charge in [0.15, 0.2) is 0 Å². The second kappa shape index (κ2) is 6.48. The molecule has 1 atom stereocenters. The van der Waals surface area contributed by atoms with Crippen LogP contribution in [0, 0.1) is 0 Å². The van der Waals surface area contributed by atoms with Crippen LogP contribution >= 0.6 is 22.9 Å². The first-order valence-electron chi connectivity index (χ1n) is 8.52. The van der Waals surface area contributed by atoms with Crippen LogP contribution in [-0.2, 0) is 16.8 Å². The molecule has 3 heterocycles. The van der Waals surface area contributed by atoms with Crippen molar-refractivity contribution >= 4 is 38.9 Å². The summed E-state index contributed by atoms with van der Waals surface area (Å²) in [4.78, 5) is 10.1. The Morgan fingerprint density at radius 3 is 2.85 bits per heavy atom. The quantitative estimate of drug-likeness (QED) is 0.511. The fraction of sp³-hybridized carbons (Fsp3) is 0.150. The molecule has 0 saturated carbocycles. The van der Waals surface area contributed by atoms with Crippen molar-refractivity contribution < 1.29 is 4.74 Å². The summed E-state index contributed by atoms with van der Waals surface area (Å²) in [6.07, 6.45) is 3.24. The number of nitrogens with zero attached hydrogens (tertiary/aromatic N) is 4. The lowest BCUT2D eigenvalue weighted by atomic mass is 9.92. The van der Waals surface area contributed by atoms with E-state index < -0.39 is 5.54 Å². The summed E-state index contributed by atoms with van der Waals surface area (Å²) in [7, 11) is 0. The third kappa shape index (κ3) is 3.01. The molecule has 5 nitrogen and oxygen atoms in total. The molecule has 1 unspecified atom stereocenters. The van der Waals surface area contributed by atoms with Crippen molar-refractivity contribution in [1.82, 2.24) is 14.8 Å². The second-order valence-electron chi connectivity index (χ2n) is 6.49. The number of thiophene rings is 1. The number of halogens is 1. The molecule has 4 aromatic rings. The zero-order valence-corrected chi connectivity index (χ0v) is 15.8. The molecule has 5 rings (SSSR count). The minimum absolute atomic E-state index is 0.460. The zero-order chi connectivity index (χ0) is 18.3. The smallest absolute Gasteiger partial charge is 0.227 e. The standard InChI is InChI=1S/C20H15ClN4OS/c21-16-7-6-14-8-18(27-17(14)9-16)19-24-20(11-26-19,10-25-13-22-12-23-25)15-4-2-1-3-5-15/h1-9,12-13H,10-11H2. The van der Waals surface area contributed by atoms with Crippen molar-refractivity contribution in [2.45, 2.75) is 12.1 Å². The van der Waals surface area contributed by atoms with E-state index in [1.54, 1.807) is 22.3 Å². The summed E-state index contributed by atoms with van der Waals surface area (Å²) in [6.45, 7) is 1.03. The molecular formula is C20H15ClN4OS.